The summed E-state index contributed by atoms with van der Waals surface area (Å²) in [6.07, 6.45) is 0. The zero-order valence-corrected chi connectivity index (χ0v) is 13.8. The molecule has 0 amide bonds. The standard InChI is InChI=1S/C16H26BNO2/c1-12-10-13(11-18(6)7)8-9-14(12)17-19-15(2,3)16(4,5)20-17/h8-10H,11H2,1-7H3. The normalized spacial score (nSPS) is 20.7. The first-order chi connectivity index (χ1) is 9.12. The predicted molar refractivity (Wildman–Crippen MR) is 84.3 cm³/mol. The summed E-state index contributed by atoms with van der Waals surface area (Å²) >= 11 is 0. The first kappa shape index (κ1) is 15.6. The van der Waals surface area contributed by atoms with Gasteiger partial charge in [-0.05, 0) is 59.7 Å². The van der Waals surface area contributed by atoms with Crippen LogP contribution in [0.25, 0.3) is 0 Å². The molecular weight excluding hydrogens is 249 g/mol. The van der Waals surface area contributed by atoms with Gasteiger partial charge >= 0.3 is 7.12 Å². The zero-order chi connectivity index (χ0) is 15.1. The minimum atomic E-state index is -0.285. The Morgan fingerprint density at radius 2 is 1.60 bits per heavy atom. The molecule has 2 rings (SSSR count). The summed E-state index contributed by atoms with van der Waals surface area (Å²) in [5.74, 6) is 0. The van der Waals surface area contributed by atoms with Crippen LogP contribution in [0.2, 0.25) is 0 Å². The Morgan fingerprint density at radius 1 is 1.05 bits per heavy atom. The highest BCUT2D eigenvalue weighted by Gasteiger charge is 2.51. The van der Waals surface area contributed by atoms with E-state index in [-0.39, 0.29) is 18.3 Å². The Bertz CT molecular complexity index is 481. The third-order valence-electron chi connectivity index (χ3n) is 4.34. The molecule has 0 atom stereocenters. The van der Waals surface area contributed by atoms with E-state index in [0.29, 0.717) is 0 Å². The van der Waals surface area contributed by atoms with Gasteiger partial charge in [0.25, 0.3) is 0 Å². The van der Waals surface area contributed by atoms with Crippen LogP contribution in [0.1, 0.15) is 38.8 Å². The molecule has 1 heterocycles. The van der Waals surface area contributed by atoms with E-state index in [0.717, 1.165) is 12.0 Å². The first-order valence-electron chi connectivity index (χ1n) is 7.22. The molecule has 1 aromatic rings. The summed E-state index contributed by atoms with van der Waals surface area (Å²) in [5, 5.41) is 0. The van der Waals surface area contributed by atoms with Gasteiger partial charge in [-0.2, -0.15) is 0 Å². The zero-order valence-electron chi connectivity index (χ0n) is 13.8. The summed E-state index contributed by atoms with van der Waals surface area (Å²) in [4.78, 5) is 2.17. The smallest absolute Gasteiger partial charge is 0.399 e. The largest absolute Gasteiger partial charge is 0.495 e. The highest BCUT2D eigenvalue weighted by Crippen LogP contribution is 2.36. The van der Waals surface area contributed by atoms with E-state index in [1.165, 1.54) is 11.1 Å². The lowest BCUT2D eigenvalue weighted by molar-refractivity contribution is 0.00578. The van der Waals surface area contributed by atoms with Gasteiger partial charge in [0.15, 0.2) is 0 Å². The van der Waals surface area contributed by atoms with Crippen LogP contribution in [-0.2, 0) is 15.9 Å². The Kier molecular flexibility index (Phi) is 4.02. The molecule has 0 N–H and O–H groups in total. The predicted octanol–water partition coefficient (Wildman–Crippen LogP) is 2.36. The summed E-state index contributed by atoms with van der Waals surface area (Å²) in [5.41, 5.74) is 3.10. The van der Waals surface area contributed by atoms with Gasteiger partial charge in [0.05, 0.1) is 11.2 Å². The van der Waals surface area contributed by atoms with Gasteiger partial charge in [-0.1, -0.05) is 23.8 Å². The van der Waals surface area contributed by atoms with E-state index >= 15 is 0 Å². The molecule has 1 aliphatic rings. The fourth-order valence-corrected chi connectivity index (χ4v) is 2.44. The number of hydrogen-bond donors (Lipinski definition) is 0. The molecule has 1 saturated heterocycles. The first-order valence-corrected chi connectivity index (χ1v) is 7.22. The number of nitrogens with zero attached hydrogens (tertiary/aromatic N) is 1. The molecule has 1 aliphatic heterocycles. The van der Waals surface area contributed by atoms with Gasteiger partial charge in [0.2, 0.25) is 0 Å². The summed E-state index contributed by atoms with van der Waals surface area (Å²) in [6.45, 7) is 11.4. The maximum absolute atomic E-state index is 6.12. The van der Waals surface area contributed by atoms with Crippen LogP contribution in [0.4, 0.5) is 0 Å². The van der Waals surface area contributed by atoms with Gasteiger partial charge in [-0.3, -0.25) is 0 Å². The number of hydrogen-bond acceptors (Lipinski definition) is 3. The summed E-state index contributed by atoms with van der Waals surface area (Å²) < 4.78 is 12.2. The molecule has 0 saturated carbocycles. The van der Waals surface area contributed by atoms with Crippen molar-refractivity contribution in [2.24, 2.45) is 0 Å². The molecule has 0 radical (unpaired) electrons. The van der Waals surface area contributed by atoms with Crippen LogP contribution in [0.15, 0.2) is 18.2 Å². The average molecular weight is 275 g/mol. The van der Waals surface area contributed by atoms with Gasteiger partial charge in [-0.15, -0.1) is 0 Å². The number of aryl methyl sites for hydroxylation is 1. The molecule has 20 heavy (non-hydrogen) atoms. The van der Waals surface area contributed by atoms with Crippen molar-refractivity contribution in [2.75, 3.05) is 14.1 Å². The maximum atomic E-state index is 6.12. The molecule has 110 valence electrons. The Labute approximate surface area is 123 Å². The fraction of sp³-hybridized carbons (Fsp3) is 0.625. The summed E-state index contributed by atoms with van der Waals surface area (Å²) in [6, 6.07) is 6.52. The van der Waals surface area contributed by atoms with E-state index in [1.54, 1.807) is 0 Å². The monoisotopic (exact) mass is 275 g/mol. The van der Waals surface area contributed by atoms with Crippen molar-refractivity contribution in [2.45, 2.75) is 52.4 Å². The number of benzene rings is 1. The van der Waals surface area contributed by atoms with Crippen molar-refractivity contribution in [3.05, 3.63) is 29.3 Å². The van der Waals surface area contributed by atoms with E-state index in [2.05, 4.69) is 71.8 Å². The molecule has 0 aromatic heterocycles. The van der Waals surface area contributed by atoms with Gasteiger partial charge < -0.3 is 14.2 Å². The quantitative estimate of drug-likeness (QED) is 0.790. The second kappa shape index (κ2) is 5.17. The Morgan fingerprint density at radius 3 is 2.05 bits per heavy atom. The molecule has 0 bridgehead atoms. The summed E-state index contributed by atoms with van der Waals surface area (Å²) in [7, 11) is 3.89. The minimum Gasteiger partial charge on any atom is -0.399 e. The van der Waals surface area contributed by atoms with Gasteiger partial charge in [0, 0.05) is 6.54 Å². The van der Waals surface area contributed by atoms with E-state index in [4.69, 9.17) is 9.31 Å². The van der Waals surface area contributed by atoms with Crippen molar-refractivity contribution in [1.82, 2.24) is 4.90 Å². The van der Waals surface area contributed by atoms with Crippen LogP contribution in [0.5, 0.6) is 0 Å². The molecule has 3 nitrogen and oxygen atoms in total. The SMILES string of the molecule is Cc1cc(CN(C)C)ccc1B1OC(C)(C)C(C)(C)O1. The Hall–Kier alpha value is -0.835. The highest BCUT2D eigenvalue weighted by atomic mass is 16.7. The topological polar surface area (TPSA) is 21.7 Å². The van der Waals surface area contributed by atoms with Crippen molar-refractivity contribution in [1.29, 1.82) is 0 Å². The lowest BCUT2D eigenvalue weighted by Crippen LogP contribution is -2.41. The molecular formula is C16H26BNO2. The van der Waals surface area contributed by atoms with Crippen molar-refractivity contribution in [3.8, 4) is 0 Å². The molecule has 0 aliphatic carbocycles. The van der Waals surface area contributed by atoms with Crippen molar-refractivity contribution in [3.63, 3.8) is 0 Å². The molecule has 1 fully saturated rings. The third kappa shape index (κ3) is 2.92. The van der Waals surface area contributed by atoms with E-state index in [1.807, 2.05) is 0 Å². The van der Waals surface area contributed by atoms with Crippen LogP contribution >= 0.6 is 0 Å². The lowest BCUT2D eigenvalue weighted by atomic mass is 9.76. The average Bonchev–Trinajstić information content (AvgIpc) is 2.46. The van der Waals surface area contributed by atoms with Crippen LogP contribution in [-0.4, -0.2) is 37.3 Å². The molecule has 0 spiro atoms. The van der Waals surface area contributed by atoms with Crippen LogP contribution in [0, 0.1) is 6.92 Å². The molecule has 0 unspecified atom stereocenters. The second-order valence-electron chi connectivity index (χ2n) is 7.02. The van der Waals surface area contributed by atoms with Crippen molar-refractivity contribution < 1.29 is 9.31 Å². The lowest BCUT2D eigenvalue weighted by Gasteiger charge is -2.32. The second-order valence-corrected chi connectivity index (χ2v) is 7.02. The third-order valence-corrected chi connectivity index (χ3v) is 4.34. The van der Waals surface area contributed by atoms with E-state index in [9.17, 15) is 0 Å². The fourth-order valence-electron chi connectivity index (χ4n) is 2.44. The van der Waals surface area contributed by atoms with Crippen LogP contribution < -0.4 is 5.46 Å². The maximum Gasteiger partial charge on any atom is 0.495 e. The molecule has 4 heteroatoms. The van der Waals surface area contributed by atoms with Crippen LogP contribution in [0.3, 0.4) is 0 Å². The van der Waals surface area contributed by atoms with Crippen molar-refractivity contribution >= 4 is 12.6 Å². The molecule has 1 aromatic carbocycles. The minimum absolute atomic E-state index is 0.270. The van der Waals surface area contributed by atoms with E-state index < -0.39 is 0 Å². The van der Waals surface area contributed by atoms with Gasteiger partial charge in [-0.25, -0.2) is 0 Å². The number of rotatable bonds is 3. The van der Waals surface area contributed by atoms with Gasteiger partial charge in [0.1, 0.15) is 0 Å². The highest BCUT2D eigenvalue weighted by molar-refractivity contribution is 6.62. The Balaban J connectivity index is 2.23.